The van der Waals surface area contributed by atoms with Crippen molar-refractivity contribution in [1.82, 2.24) is 34.3 Å². The summed E-state index contributed by atoms with van der Waals surface area (Å²) in [5, 5.41) is 26.2. The van der Waals surface area contributed by atoms with Crippen molar-refractivity contribution in [2.75, 3.05) is 12.4 Å². The maximum absolute atomic E-state index is 12.0. The Morgan fingerprint density at radius 2 is 2.03 bits per heavy atom. The standard InChI is InChI=1S/C23H21N9O4S/c1-13-19-16(10-35-3)8-18(27-22(19)31(2)29-13)36-23-20(32(33)34)21(25-12-26-23)24-9-14-4-6-15(7-5-14)17-11-37-30-28-17/h4-8,11-12H,9-10H2,1-3H3,(H,24,25,26). The highest BCUT2D eigenvalue weighted by molar-refractivity contribution is 7.03. The van der Waals surface area contributed by atoms with Gasteiger partial charge in [0.25, 0.3) is 0 Å². The zero-order chi connectivity index (χ0) is 25.9. The molecule has 0 aliphatic rings. The van der Waals surface area contributed by atoms with Gasteiger partial charge in [-0.3, -0.25) is 14.8 Å². The quantitative estimate of drug-likeness (QED) is 0.221. The van der Waals surface area contributed by atoms with Gasteiger partial charge in [-0.15, -0.1) is 5.10 Å². The molecule has 14 heteroatoms. The number of fused-ring (bicyclic) bond motifs is 1. The van der Waals surface area contributed by atoms with E-state index in [0.717, 1.165) is 33.5 Å². The predicted octanol–water partition coefficient (Wildman–Crippen LogP) is 4.04. The first-order valence-corrected chi connectivity index (χ1v) is 11.9. The van der Waals surface area contributed by atoms with Gasteiger partial charge in [-0.1, -0.05) is 28.8 Å². The first-order valence-electron chi connectivity index (χ1n) is 11.0. The summed E-state index contributed by atoms with van der Waals surface area (Å²) in [6.07, 6.45) is 1.20. The highest BCUT2D eigenvalue weighted by Gasteiger charge is 2.26. The van der Waals surface area contributed by atoms with Crippen LogP contribution in [0.15, 0.2) is 42.0 Å². The summed E-state index contributed by atoms with van der Waals surface area (Å²) in [5.41, 5.74) is 4.37. The van der Waals surface area contributed by atoms with E-state index < -0.39 is 10.6 Å². The van der Waals surface area contributed by atoms with E-state index in [2.05, 4.69) is 35.0 Å². The summed E-state index contributed by atoms with van der Waals surface area (Å²) in [5.74, 6) is -0.0808. The molecule has 0 radical (unpaired) electrons. The molecule has 0 fully saturated rings. The van der Waals surface area contributed by atoms with E-state index in [1.165, 1.54) is 17.9 Å². The van der Waals surface area contributed by atoms with Crippen molar-refractivity contribution >= 4 is 34.1 Å². The predicted molar refractivity (Wildman–Crippen MR) is 135 cm³/mol. The highest BCUT2D eigenvalue weighted by Crippen LogP contribution is 2.35. The second-order valence-corrected chi connectivity index (χ2v) is 8.65. The van der Waals surface area contributed by atoms with Gasteiger partial charge in [-0.25, -0.2) is 4.98 Å². The molecule has 37 heavy (non-hydrogen) atoms. The number of nitro groups is 1. The van der Waals surface area contributed by atoms with Crippen LogP contribution in [-0.2, 0) is 24.9 Å². The van der Waals surface area contributed by atoms with E-state index in [4.69, 9.17) is 9.47 Å². The van der Waals surface area contributed by atoms with Crippen LogP contribution in [0.5, 0.6) is 11.8 Å². The van der Waals surface area contributed by atoms with Crippen molar-refractivity contribution in [3.05, 3.63) is 69.0 Å². The third-order valence-electron chi connectivity index (χ3n) is 5.57. The van der Waals surface area contributed by atoms with E-state index in [-0.39, 0.29) is 17.6 Å². The van der Waals surface area contributed by atoms with Gasteiger partial charge in [0.05, 0.1) is 17.2 Å². The molecule has 1 aromatic carbocycles. The average Bonchev–Trinajstić information content (AvgIpc) is 3.51. The van der Waals surface area contributed by atoms with E-state index >= 15 is 0 Å². The Morgan fingerprint density at radius 1 is 1.22 bits per heavy atom. The zero-order valence-electron chi connectivity index (χ0n) is 20.1. The summed E-state index contributed by atoms with van der Waals surface area (Å²) in [4.78, 5) is 24.0. The van der Waals surface area contributed by atoms with Crippen molar-refractivity contribution < 1.29 is 14.4 Å². The van der Waals surface area contributed by atoms with Gasteiger partial charge in [-0.2, -0.15) is 15.1 Å². The Morgan fingerprint density at radius 3 is 2.73 bits per heavy atom. The van der Waals surface area contributed by atoms with Crippen LogP contribution >= 0.6 is 11.5 Å². The van der Waals surface area contributed by atoms with Crippen molar-refractivity contribution in [2.45, 2.75) is 20.1 Å². The maximum atomic E-state index is 12.0. The molecule has 188 valence electrons. The number of hydrogen-bond acceptors (Lipinski definition) is 12. The molecular formula is C23H21N9O4S. The fourth-order valence-electron chi connectivity index (χ4n) is 3.93. The zero-order valence-corrected chi connectivity index (χ0v) is 20.9. The number of hydrogen-bond donors (Lipinski definition) is 1. The monoisotopic (exact) mass is 519 g/mol. The van der Waals surface area contributed by atoms with Gasteiger partial charge in [0.2, 0.25) is 11.7 Å². The molecule has 5 aromatic rings. The molecule has 0 spiro atoms. The van der Waals surface area contributed by atoms with Crippen LogP contribution in [0.4, 0.5) is 11.5 Å². The van der Waals surface area contributed by atoms with E-state index in [9.17, 15) is 10.1 Å². The third kappa shape index (κ3) is 4.92. The molecule has 13 nitrogen and oxygen atoms in total. The van der Waals surface area contributed by atoms with Gasteiger partial charge >= 0.3 is 11.6 Å². The highest BCUT2D eigenvalue weighted by atomic mass is 32.1. The number of anilines is 1. The minimum Gasteiger partial charge on any atom is -0.414 e. The van der Waals surface area contributed by atoms with Crippen LogP contribution < -0.4 is 10.1 Å². The van der Waals surface area contributed by atoms with Gasteiger partial charge in [-0.05, 0) is 29.6 Å². The molecule has 5 rings (SSSR count). The van der Waals surface area contributed by atoms with Crippen LogP contribution in [0.3, 0.4) is 0 Å². The Balaban J connectivity index is 1.41. The molecule has 0 aliphatic carbocycles. The first kappa shape index (κ1) is 24.1. The molecule has 0 amide bonds. The van der Waals surface area contributed by atoms with Gasteiger partial charge in [0.15, 0.2) is 5.65 Å². The largest absolute Gasteiger partial charge is 0.414 e. The Labute approximate surface area is 214 Å². The molecule has 4 heterocycles. The molecule has 1 N–H and O–H groups in total. The molecule has 4 aromatic heterocycles. The number of aromatic nitrogens is 7. The SMILES string of the molecule is COCc1cc(Oc2ncnc(NCc3ccc(-c4csnn4)cc3)c2[N+](=O)[O-])nc2c1c(C)nn2C. The van der Waals surface area contributed by atoms with E-state index in [1.54, 1.807) is 24.9 Å². The van der Waals surface area contributed by atoms with Crippen LogP contribution in [0, 0.1) is 17.0 Å². The Bertz CT molecular complexity index is 1570. The number of aryl methyl sites for hydroxylation is 2. The van der Waals surface area contributed by atoms with E-state index in [1.807, 2.05) is 36.6 Å². The van der Waals surface area contributed by atoms with Crippen LogP contribution in [0.25, 0.3) is 22.3 Å². The lowest BCUT2D eigenvalue weighted by Gasteiger charge is -2.11. The lowest BCUT2D eigenvalue weighted by molar-refractivity contribution is -0.385. The topological polar surface area (TPSA) is 156 Å². The van der Waals surface area contributed by atoms with Gasteiger partial charge < -0.3 is 14.8 Å². The first-order chi connectivity index (χ1) is 17.9. The number of pyridine rings is 1. The Kier molecular flexibility index (Phi) is 6.66. The minimum absolute atomic E-state index is 0.0253. The number of nitrogens with one attached hydrogen (secondary N) is 1. The molecule has 0 saturated heterocycles. The molecule has 0 atom stereocenters. The normalized spacial score (nSPS) is 11.1. The number of benzene rings is 1. The summed E-state index contributed by atoms with van der Waals surface area (Å²) in [7, 11) is 3.34. The molecular weight excluding hydrogens is 498 g/mol. The fraction of sp³-hybridized carbons (Fsp3) is 0.217. The van der Waals surface area contributed by atoms with Crippen molar-refractivity contribution in [1.29, 1.82) is 0 Å². The molecule has 0 aliphatic heterocycles. The molecule has 0 bridgehead atoms. The average molecular weight is 520 g/mol. The van der Waals surface area contributed by atoms with E-state index in [0.29, 0.717) is 18.8 Å². The molecule has 0 unspecified atom stereocenters. The fourth-order valence-corrected chi connectivity index (χ4v) is 4.39. The summed E-state index contributed by atoms with van der Waals surface area (Å²) >= 11 is 1.28. The second-order valence-electron chi connectivity index (χ2n) is 8.04. The molecule has 0 saturated carbocycles. The van der Waals surface area contributed by atoms with Gasteiger partial charge in [0, 0.05) is 43.1 Å². The second kappa shape index (κ2) is 10.2. The summed E-state index contributed by atoms with van der Waals surface area (Å²) < 4.78 is 16.6. The number of nitrogens with zero attached hydrogens (tertiary/aromatic N) is 8. The summed E-state index contributed by atoms with van der Waals surface area (Å²) in [6.45, 7) is 2.46. The minimum atomic E-state index is -0.585. The lowest BCUT2D eigenvalue weighted by atomic mass is 10.1. The van der Waals surface area contributed by atoms with Crippen LogP contribution in [0.1, 0.15) is 16.8 Å². The number of ether oxygens (including phenoxy) is 2. The maximum Gasteiger partial charge on any atom is 0.373 e. The Hall–Kier alpha value is -4.56. The van der Waals surface area contributed by atoms with Gasteiger partial charge in [0.1, 0.15) is 12.0 Å². The lowest BCUT2D eigenvalue weighted by Crippen LogP contribution is -2.07. The number of rotatable bonds is 9. The van der Waals surface area contributed by atoms with Crippen molar-refractivity contribution in [2.24, 2.45) is 7.05 Å². The van der Waals surface area contributed by atoms with Crippen molar-refractivity contribution in [3.8, 4) is 23.0 Å². The summed E-state index contributed by atoms with van der Waals surface area (Å²) in [6, 6.07) is 9.29. The van der Waals surface area contributed by atoms with Crippen molar-refractivity contribution in [3.63, 3.8) is 0 Å². The van der Waals surface area contributed by atoms with Crippen LogP contribution in [0.2, 0.25) is 0 Å². The smallest absolute Gasteiger partial charge is 0.373 e. The van der Waals surface area contributed by atoms with Crippen LogP contribution in [-0.4, -0.2) is 46.4 Å². The number of methoxy groups -OCH3 is 1. The third-order valence-corrected chi connectivity index (χ3v) is 6.07.